The highest BCUT2D eigenvalue weighted by molar-refractivity contribution is 9.10. The Bertz CT molecular complexity index is 1130. The Morgan fingerprint density at radius 3 is 2.27 bits per heavy atom. The molecule has 1 atom stereocenters. The van der Waals surface area contributed by atoms with E-state index in [1.165, 1.54) is 11.1 Å². The summed E-state index contributed by atoms with van der Waals surface area (Å²) in [6.45, 7) is 5.14. The Morgan fingerprint density at radius 2 is 1.61 bits per heavy atom. The number of nitriles is 1. The van der Waals surface area contributed by atoms with Crippen molar-refractivity contribution in [1.82, 2.24) is 4.90 Å². The number of piperidine rings is 1. The van der Waals surface area contributed by atoms with E-state index >= 15 is 0 Å². The molecule has 1 aliphatic rings. The van der Waals surface area contributed by atoms with Crippen LogP contribution in [0.25, 0.3) is 0 Å². The van der Waals surface area contributed by atoms with Crippen molar-refractivity contribution in [3.05, 3.63) is 99.5 Å². The number of benzene rings is 3. The highest BCUT2D eigenvalue weighted by atomic mass is 79.9. The summed E-state index contributed by atoms with van der Waals surface area (Å²) in [5.74, 6) is 1.05. The van der Waals surface area contributed by atoms with Gasteiger partial charge in [-0.05, 0) is 74.0 Å². The van der Waals surface area contributed by atoms with E-state index in [-0.39, 0.29) is 5.92 Å². The van der Waals surface area contributed by atoms with E-state index in [1.807, 2.05) is 24.3 Å². The smallest absolute Gasteiger partial charge is 0.123 e. The Balaban J connectivity index is 1.64. The number of rotatable bonds is 7. The van der Waals surface area contributed by atoms with E-state index in [0.717, 1.165) is 53.8 Å². The molecule has 3 aromatic carbocycles. The summed E-state index contributed by atoms with van der Waals surface area (Å²) in [4.78, 5) is 2.53. The van der Waals surface area contributed by atoms with Gasteiger partial charge in [0.1, 0.15) is 5.75 Å². The quantitative estimate of drug-likeness (QED) is 0.361. The highest BCUT2D eigenvalue weighted by Gasteiger charge is 2.44. The third kappa shape index (κ3) is 5.00. The van der Waals surface area contributed by atoms with Crippen molar-refractivity contribution >= 4 is 15.9 Å². The van der Waals surface area contributed by atoms with Crippen LogP contribution >= 0.6 is 15.9 Å². The molecule has 33 heavy (non-hydrogen) atoms. The second kappa shape index (κ2) is 10.5. The van der Waals surface area contributed by atoms with Gasteiger partial charge in [0.05, 0.1) is 18.6 Å². The van der Waals surface area contributed by atoms with Crippen molar-refractivity contribution in [3.63, 3.8) is 0 Å². The van der Waals surface area contributed by atoms with E-state index < -0.39 is 5.41 Å². The van der Waals surface area contributed by atoms with Gasteiger partial charge in [-0.1, -0.05) is 76.6 Å². The molecule has 170 valence electrons. The minimum atomic E-state index is -0.648. The van der Waals surface area contributed by atoms with Gasteiger partial charge >= 0.3 is 0 Å². The largest absolute Gasteiger partial charge is 0.496 e. The fourth-order valence-corrected chi connectivity index (χ4v) is 5.64. The molecule has 4 heteroatoms. The summed E-state index contributed by atoms with van der Waals surface area (Å²) in [5, 5.41) is 10.8. The molecule has 0 aliphatic carbocycles. The van der Waals surface area contributed by atoms with E-state index in [4.69, 9.17) is 4.74 Å². The molecule has 3 nitrogen and oxygen atoms in total. The van der Waals surface area contributed by atoms with Crippen molar-refractivity contribution in [2.24, 2.45) is 5.92 Å². The van der Waals surface area contributed by atoms with Crippen LogP contribution in [0.1, 0.15) is 35.1 Å². The predicted molar refractivity (Wildman–Crippen MR) is 137 cm³/mol. The van der Waals surface area contributed by atoms with Crippen LogP contribution in [0.2, 0.25) is 0 Å². The molecule has 0 aromatic heterocycles. The molecule has 0 radical (unpaired) electrons. The van der Waals surface area contributed by atoms with Gasteiger partial charge in [-0.3, -0.25) is 4.90 Å². The number of likely N-dealkylation sites (tertiary alicyclic amines) is 1. The second-order valence-corrected chi connectivity index (χ2v) is 9.88. The lowest BCUT2D eigenvalue weighted by molar-refractivity contribution is 0.140. The predicted octanol–water partition coefficient (Wildman–Crippen LogP) is 6.68. The number of ether oxygens (including phenoxy) is 1. The average Bonchev–Trinajstić information content (AvgIpc) is 2.86. The van der Waals surface area contributed by atoms with Crippen LogP contribution in [0.4, 0.5) is 0 Å². The Kier molecular flexibility index (Phi) is 7.53. The SMILES string of the molecule is COc1ccccc1C(C#N)(Cc1ccccc1Br)C1CCN(Cc2ccccc2C)CC1. The first-order valence-corrected chi connectivity index (χ1v) is 12.4. The van der Waals surface area contributed by atoms with Crippen LogP contribution in [0.15, 0.2) is 77.3 Å². The maximum atomic E-state index is 10.8. The Morgan fingerprint density at radius 1 is 0.970 bits per heavy atom. The zero-order valence-electron chi connectivity index (χ0n) is 19.4. The topological polar surface area (TPSA) is 36.3 Å². The summed E-state index contributed by atoms with van der Waals surface area (Å²) in [7, 11) is 1.70. The van der Waals surface area contributed by atoms with Gasteiger partial charge < -0.3 is 4.74 Å². The van der Waals surface area contributed by atoms with Crippen LogP contribution in [0.3, 0.4) is 0 Å². The summed E-state index contributed by atoms with van der Waals surface area (Å²) < 4.78 is 6.80. The minimum Gasteiger partial charge on any atom is -0.496 e. The van der Waals surface area contributed by atoms with Crippen LogP contribution in [-0.4, -0.2) is 25.1 Å². The van der Waals surface area contributed by atoms with Crippen molar-refractivity contribution in [2.45, 2.75) is 38.1 Å². The molecule has 1 unspecified atom stereocenters. The minimum absolute atomic E-state index is 0.249. The summed E-state index contributed by atoms with van der Waals surface area (Å²) >= 11 is 3.71. The molecule has 0 spiro atoms. The number of halogens is 1. The lowest BCUT2D eigenvalue weighted by Crippen LogP contribution is -2.44. The molecule has 0 amide bonds. The van der Waals surface area contributed by atoms with Gasteiger partial charge in [-0.2, -0.15) is 5.26 Å². The summed E-state index contributed by atoms with van der Waals surface area (Å²) in [5.41, 5.74) is 4.25. The molecule has 1 fully saturated rings. The van der Waals surface area contributed by atoms with E-state index in [2.05, 4.69) is 82.4 Å². The maximum absolute atomic E-state index is 10.8. The van der Waals surface area contributed by atoms with Crippen LogP contribution in [-0.2, 0) is 18.4 Å². The first kappa shape index (κ1) is 23.5. The lowest BCUT2D eigenvalue weighted by Gasteiger charge is -2.42. The summed E-state index contributed by atoms with van der Waals surface area (Å²) in [6, 6.07) is 27.8. The number of hydrogen-bond donors (Lipinski definition) is 0. The first-order valence-electron chi connectivity index (χ1n) is 11.6. The molecular weight excluding hydrogens is 472 g/mol. The second-order valence-electron chi connectivity index (χ2n) is 9.03. The third-order valence-electron chi connectivity index (χ3n) is 7.15. The van der Waals surface area contributed by atoms with Gasteiger partial charge in [0, 0.05) is 16.6 Å². The van der Waals surface area contributed by atoms with Gasteiger partial charge in [0.25, 0.3) is 0 Å². The zero-order valence-corrected chi connectivity index (χ0v) is 21.0. The highest BCUT2D eigenvalue weighted by Crippen LogP contribution is 2.45. The molecule has 4 rings (SSSR count). The van der Waals surface area contributed by atoms with E-state index in [9.17, 15) is 5.26 Å². The molecule has 0 N–H and O–H groups in total. The van der Waals surface area contributed by atoms with Gasteiger partial charge in [-0.25, -0.2) is 0 Å². The van der Waals surface area contributed by atoms with Crippen molar-refractivity contribution in [1.29, 1.82) is 5.26 Å². The van der Waals surface area contributed by atoms with E-state index in [0.29, 0.717) is 6.42 Å². The van der Waals surface area contributed by atoms with Gasteiger partial charge in [-0.15, -0.1) is 0 Å². The monoisotopic (exact) mass is 502 g/mol. The van der Waals surface area contributed by atoms with Crippen LogP contribution in [0.5, 0.6) is 5.75 Å². The number of aryl methyl sites for hydroxylation is 1. The molecule has 0 bridgehead atoms. The maximum Gasteiger partial charge on any atom is 0.123 e. The van der Waals surface area contributed by atoms with Gasteiger partial charge in [0.15, 0.2) is 0 Å². The normalized spacial score (nSPS) is 16.7. The molecule has 0 saturated carbocycles. The molecule has 1 aliphatic heterocycles. The first-order chi connectivity index (χ1) is 16.1. The molecule has 3 aromatic rings. The molecule has 1 heterocycles. The zero-order chi connectivity index (χ0) is 23.3. The van der Waals surface area contributed by atoms with E-state index in [1.54, 1.807) is 7.11 Å². The standard InChI is InChI=1S/C29H31BrN2O/c1-22-9-3-4-11-24(22)20-32-17-15-25(16-18-32)29(21-31,19-23-10-5-7-13-27(23)30)26-12-6-8-14-28(26)33-2/h3-14,25H,15-20H2,1-2H3. The van der Waals surface area contributed by atoms with Gasteiger partial charge in [0.2, 0.25) is 0 Å². The Hall–Kier alpha value is -2.61. The Labute approximate surface area is 206 Å². The fourth-order valence-electron chi connectivity index (χ4n) is 5.22. The van der Waals surface area contributed by atoms with Crippen LogP contribution in [0, 0.1) is 24.2 Å². The number of para-hydroxylation sites is 1. The van der Waals surface area contributed by atoms with Crippen LogP contribution < -0.4 is 4.74 Å². The summed E-state index contributed by atoms with van der Waals surface area (Å²) in [6.07, 6.45) is 2.64. The number of methoxy groups -OCH3 is 1. The fraction of sp³-hybridized carbons (Fsp3) is 0.345. The number of hydrogen-bond acceptors (Lipinski definition) is 3. The number of nitrogens with zero attached hydrogens (tertiary/aromatic N) is 2. The van der Waals surface area contributed by atoms with Crippen molar-refractivity contribution in [3.8, 4) is 11.8 Å². The average molecular weight is 503 g/mol. The van der Waals surface area contributed by atoms with Crippen molar-refractivity contribution < 1.29 is 4.74 Å². The third-order valence-corrected chi connectivity index (χ3v) is 7.93. The molecular formula is C29H31BrN2O. The van der Waals surface area contributed by atoms with Crippen molar-refractivity contribution in [2.75, 3.05) is 20.2 Å². The molecule has 1 saturated heterocycles. The lowest BCUT2D eigenvalue weighted by atomic mass is 9.64.